The molecule has 1 unspecified atom stereocenters. The number of H-pyrrole nitrogens is 1. The molecule has 2 aromatic heterocycles. The molecule has 112 valence electrons. The summed E-state index contributed by atoms with van der Waals surface area (Å²) >= 11 is 0. The van der Waals surface area contributed by atoms with Crippen molar-refractivity contribution in [3.8, 4) is 0 Å². The molecule has 2 aromatic rings. The Bertz CT molecular complexity index is 678. The van der Waals surface area contributed by atoms with Crippen molar-refractivity contribution in [1.29, 1.82) is 0 Å². The van der Waals surface area contributed by atoms with Crippen molar-refractivity contribution in [1.82, 2.24) is 19.7 Å². The van der Waals surface area contributed by atoms with E-state index in [1.807, 2.05) is 17.9 Å². The quantitative estimate of drug-likeness (QED) is 0.894. The van der Waals surface area contributed by atoms with Crippen LogP contribution in [0.15, 0.2) is 23.3 Å². The Morgan fingerprint density at radius 1 is 1.52 bits per heavy atom. The third-order valence-electron chi connectivity index (χ3n) is 3.77. The molecule has 1 fully saturated rings. The summed E-state index contributed by atoms with van der Waals surface area (Å²) in [5.41, 5.74) is 1.10. The van der Waals surface area contributed by atoms with E-state index in [-0.39, 0.29) is 5.56 Å². The second-order valence-electron chi connectivity index (χ2n) is 5.36. The van der Waals surface area contributed by atoms with Crippen LogP contribution in [0.2, 0.25) is 0 Å². The number of methoxy groups -OCH3 is 1. The molecule has 1 N–H and O–H groups in total. The average Bonchev–Trinajstić information content (AvgIpc) is 3.07. The monoisotopic (exact) mass is 289 g/mol. The predicted octanol–water partition coefficient (Wildman–Crippen LogP) is 0.644. The molecule has 7 heteroatoms. The van der Waals surface area contributed by atoms with Crippen molar-refractivity contribution >= 4 is 5.82 Å². The Balaban J connectivity index is 1.78. The summed E-state index contributed by atoms with van der Waals surface area (Å²) in [6.07, 6.45) is 5.01. The SMILES string of the molecule is COCc1nc(N2CCC(c3cnn(C)c3)C2)cc(=O)[nH]1. The van der Waals surface area contributed by atoms with Crippen LogP contribution in [-0.2, 0) is 18.4 Å². The van der Waals surface area contributed by atoms with E-state index in [9.17, 15) is 4.79 Å². The highest BCUT2D eigenvalue weighted by atomic mass is 16.5. The summed E-state index contributed by atoms with van der Waals surface area (Å²) in [4.78, 5) is 21.0. The van der Waals surface area contributed by atoms with Crippen LogP contribution in [-0.4, -0.2) is 39.9 Å². The van der Waals surface area contributed by atoms with Crippen LogP contribution in [0.5, 0.6) is 0 Å². The highest BCUT2D eigenvalue weighted by Crippen LogP contribution is 2.29. The Labute approximate surface area is 122 Å². The van der Waals surface area contributed by atoms with E-state index in [0.29, 0.717) is 18.3 Å². The van der Waals surface area contributed by atoms with Gasteiger partial charge in [-0.2, -0.15) is 5.10 Å². The van der Waals surface area contributed by atoms with Gasteiger partial charge >= 0.3 is 0 Å². The van der Waals surface area contributed by atoms with Gasteiger partial charge in [0.15, 0.2) is 0 Å². The fourth-order valence-corrected chi connectivity index (χ4v) is 2.75. The lowest BCUT2D eigenvalue weighted by Gasteiger charge is -2.17. The number of ether oxygens (including phenoxy) is 1. The van der Waals surface area contributed by atoms with E-state index in [1.54, 1.807) is 13.2 Å². The van der Waals surface area contributed by atoms with Crippen molar-refractivity contribution in [2.45, 2.75) is 18.9 Å². The topological polar surface area (TPSA) is 76.0 Å². The molecular formula is C14H19N5O2. The summed E-state index contributed by atoms with van der Waals surface area (Å²) in [5.74, 6) is 1.72. The van der Waals surface area contributed by atoms with Gasteiger partial charge in [-0.25, -0.2) is 4.98 Å². The molecule has 21 heavy (non-hydrogen) atoms. The van der Waals surface area contributed by atoms with E-state index in [2.05, 4.69) is 26.2 Å². The Morgan fingerprint density at radius 2 is 2.38 bits per heavy atom. The number of anilines is 1. The number of nitrogens with zero attached hydrogens (tertiary/aromatic N) is 4. The summed E-state index contributed by atoms with van der Waals surface area (Å²) in [5, 5.41) is 4.22. The fourth-order valence-electron chi connectivity index (χ4n) is 2.75. The van der Waals surface area contributed by atoms with Gasteiger partial charge in [0.25, 0.3) is 5.56 Å². The average molecular weight is 289 g/mol. The molecule has 0 amide bonds. The first-order valence-electron chi connectivity index (χ1n) is 6.98. The lowest BCUT2D eigenvalue weighted by molar-refractivity contribution is 0.177. The van der Waals surface area contributed by atoms with Gasteiger partial charge in [0, 0.05) is 45.4 Å². The van der Waals surface area contributed by atoms with Gasteiger partial charge in [-0.1, -0.05) is 0 Å². The van der Waals surface area contributed by atoms with Gasteiger partial charge in [0.1, 0.15) is 18.2 Å². The first-order chi connectivity index (χ1) is 10.2. The van der Waals surface area contributed by atoms with Crippen LogP contribution in [0, 0.1) is 0 Å². The lowest BCUT2D eigenvalue weighted by Crippen LogP contribution is -2.24. The molecule has 1 aliphatic heterocycles. The van der Waals surface area contributed by atoms with E-state index in [0.717, 1.165) is 25.3 Å². The number of rotatable bonds is 4. The normalized spacial score (nSPS) is 18.4. The van der Waals surface area contributed by atoms with E-state index < -0.39 is 0 Å². The number of aromatic nitrogens is 4. The van der Waals surface area contributed by atoms with Crippen LogP contribution in [0.3, 0.4) is 0 Å². The van der Waals surface area contributed by atoms with Gasteiger partial charge in [-0.3, -0.25) is 9.48 Å². The number of hydrogen-bond acceptors (Lipinski definition) is 5. The van der Waals surface area contributed by atoms with Gasteiger partial charge in [-0.15, -0.1) is 0 Å². The highest BCUT2D eigenvalue weighted by Gasteiger charge is 2.26. The minimum absolute atomic E-state index is 0.142. The number of aryl methyl sites for hydroxylation is 1. The van der Waals surface area contributed by atoms with Crippen LogP contribution in [0.4, 0.5) is 5.82 Å². The molecule has 0 bridgehead atoms. The Hall–Kier alpha value is -2.15. The van der Waals surface area contributed by atoms with Gasteiger partial charge in [0.2, 0.25) is 0 Å². The van der Waals surface area contributed by atoms with Crippen molar-refractivity contribution in [2.75, 3.05) is 25.1 Å². The van der Waals surface area contributed by atoms with Gasteiger partial charge in [-0.05, 0) is 12.0 Å². The number of nitrogens with one attached hydrogen (secondary N) is 1. The molecule has 3 rings (SSSR count). The molecule has 0 radical (unpaired) electrons. The number of hydrogen-bond donors (Lipinski definition) is 1. The summed E-state index contributed by atoms with van der Waals surface area (Å²) < 4.78 is 6.85. The molecule has 7 nitrogen and oxygen atoms in total. The van der Waals surface area contributed by atoms with Crippen LogP contribution in [0.1, 0.15) is 23.7 Å². The minimum Gasteiger partial charge on any atom is -0.377 e. The molecule has 0 aliphatic carbocycles. The second kappa shape index (κ2) is 5.69. The first-order valence-corrected chi connectivity index (χ1v) is 6.98. The first kappa shape index (κ1) is 13.8. The van der Waals surface area contributed by atoms with Crippen molar-refractivity contribution in [3.63, 3.8) is 0 Å². The van der Waals surface area contributed by atoms with Crippen molar-refractivity contribution < 1.29 is 4.74 Å². The zero-order chi connectivity index (χ0) is 14.8. The van der Waals surface area contributed by atoms with Crippen LogP contribution in [0.25, 0.3) is 0 Å². The van der Waals surface area contributed by atoms with E-state index in [1.165, 1.54) is 5.56 Å². The Morgan fingerprint density at radius 3 is 3.10 bits per heavy atom. The third-order valence-corrected chi connectivity index (χ3v) is 3.77. The highest BCUT2D eigenvalue weighted by molar-refractivity contribution is 5.40. The molecule has 0 aromatic carbocycles. The van der Waals surface area contributed by atoms with Crippen LogP contribution >= 0.6 is 0 Å². The maximum atomic E-state index is 11.7. The number of aromatic amines is 1. The zero-order valence-electron chi connectivity index (χ0n) is 12.2. The fraction of sp³-hybridized carbons (Fsp3) is 0.500. The minimum atomic E-state index is -0.142. The maximum absolute atomic E-state index is 11.7. The lowest BCUT2D eigenvalue weighted by atomic mass is 10.0. The second-order valence-corrected chi connectivity index (χ2v) is 5.36. The molecule has 0 spiro atoms. The summed E-state index contributed by atoms with van der Waals surface area (Å²) in [6, 6.07) is 1.55. The summed E-state index contributed by atoms with van der Waals surface area (Å²) in [7, 11) is 3.51. The molecule has 1 saturated heterocycles. The van der Waals surface area contributed by atoms with Crippen molar-refractivity contribution in [3.05, 3.63) is 40.2 Å². The smallest absolute Gasteiger partial charge is 0.253 e. The molecule has 1 aliphatic rings. The molecule has 3 heterocycles. The van der Waals surface area contributed by atoms with Crippen LogP contribution < -0.4 is 10.5 Å². The van der Waals surface area contributed by atoms with E-state index in [4.69, 9.17) is 4.74 Å². The Kier molecular flexibility index (Phi) is 3.74. The molecular weight excluding hydrogens is 270 g/mol. The van der Waals surface area contributed by atoms with Gasteiger partial charge in [0.05, 0.1) is 6.20 Å². The van der Waals surface area contributed by atoms with Crippen molar-refractivity contribution in [2.24, 2.45) is 7.05 Å². The third kappa shape index (κ3) is 2.97. The standard InChI is InChI=1S/C14H19N5O2/c1-18-7-11(6-15-18)10-3-4-19(8-10)13-5-14(20)17-12(16-13)9-21-2/h5-7,10H,3-4,8-9H2,1-2H3,(H,16,17,20). The summed E-state index contributed by atoms with van der Waals surface area (Å²) in [6.45, 7) is 2.06. The van der Waals surface area contributed by atoms with Gasteiger partial charge < -0.3 is 14.6 Å². The predicted molar refractivity (Wildman–Crippen MR) is 78.3 cm³/mol. The molecule has 1 atom stereocenters. The van der Waals surface area contributed by atoms with E-state index >= 15 is 0 Å². The molecule has 0 saturated carbocycles. The zero-order valence-corrected chi connectivity index (χ0v) is 12.2. The maximum Gasteiger partial charge on any atom is 0.253 e. The largest absolute Gasteiger partial charge is 0.377 e.